The van der Waals surface area contributed by atoms with Crippen LogP contribution in [0, 0.1) is 13.8 Å². The Morgan fingerprint density at radius 2 is 1.82 bits per heavy atom. The number of hydrogen-bond acceptors (Lipinski definition) is 3. The summed E-state index contributed by atoms with van der Waals surface area (Å²) in [6.45, 7) is 7.39. The molecule has 0 fully saturated rings. The summed E-state index contributed by atoms with van der Waals surface area (Å²) in [7, 11) is 0. The monoisotopic (exact) mass is 254 g/mol. The summed E-state index contributed by atoms with van der Waals surface area (Å²) < 4.78 is 0. The predicted molar refractivity (Wildman–Crippen MR) is 77.6 cm³/mol. The molecule has 0 saturated carbocycles. The number of nitrogens with two attached hydrogens (primary N) is 1. The zero-order chi connectivity index (χ0) is 12.5. The molecule has 0 aromatic carbocycles. The molecular weight excluding hydrogens is 228 g/mol. The highest BCUT2D eigenvalue weighted by atomic mass is 32.1. The van der Waals surface area contributed by atoms with Gasteiger partial charge in [-0.1, -0.05) is 19.3 Å². The Balaban J connectivity index is 1.97. The lowest BCUT2D eigenvalue weighted by molar-refractivity contribution is 0.579. The van der Waals surface area contributed by atoms with Crippen LogP contribution in [0.25, 0.3) is 0 Å². The molecule has 1 rings (SSSR count). The summed E-state index contributed by atoms with van der Waals surface area (Å²) in [6, 6.07) is 2.30. The highest BCUT2D eigenvalue weighted by Gasteiger charge is 2.00. The molecule has 0 aliphatic heterocycles. The van der Waals surface area contributed by atoms with Gasteiger partial charge in [0, 0.05) is 16.3 Å². The van der Waals surface area contributed by atoms with Crippen LogP contribution in [0.4, 0.5) is 0 Å². The molecule has 0 saturated heterocycles. The summed E-state index contributed by atoms with van der Waals surface area (Å²) >= 11 is 1.91. The molecule has 3 heteroatoms. The number of rotatable bonds is 9. The van der Waals surface area contributed by atoms with Gasteiger partial charge in [-0.15, -0.1) is 11.3 Å². The number of unbranched alkanes of at least 4 members (excludes halogenated alkanes) is 4. The lowest BCUT2D eigenvalue weighted by Gasteiger charge is -2.03. The first-order chi connectivity index (χ1) is 8.24. The van der Waals surface area contributed by atoms with Crippen molar-refractivity contribution >= 4 is 11.3 Å². The van der Waals surface area contributed by atoms with Crippen LogP contribution in [0.1, 0.15) is 47.4 Å². The van der Waals surface area contributed by atoms with Crippen molar-refractivity contribution in [1.82, 2.24) is 5.32 Å². The van der Waals surface area contributed by atoms with Gasteiger partial charge in [-0.25, -0.2) is 0 Å². The van der Waals surface area contributed by atoms with Gasteiger partial charge in [0.15, 0.2) is 0 Å². The van der Waals surface area contributed by atoms with E-state index in [9.17, 15) is 0 Å². The number of hydrogen-bond donors (Lipinski definition) is 2. The number of thiophene rings is 1. The first-order valence-corrected chi connectivity index (χ1v) is 7.52. The minimum Gasteiger partial charge on any atom is -0.330 e. The van der Waals surface area contributed by atoms with E-state index in [0.717, 1.165) is 19.6 Å². The Labute approximate surface area is 110 Å². The summed E-state index contributed by atoms with van der Waals surface area (Å²) in [5.41, 5.74) is 6.88. The maximum Gasteiger partial charge on any atom is 0.0299 e. The van der Waals surface area contributed by atoms with Gasteiger partial charge in [0.25, 0.3) is 0 Å². The SMILES string of the molecule is Cc1cc(CNCCCCCCCN)sc1C. The third-order valence-electron chi connectivity index (χ3n) is 3.07. The van der Waals surface area contributed by atoms with E-state index in [2.05, 4.69) is 25.2 Å². The highest BCUT2D eigenvalue weighted by molar-refractivity contribution is 7.12. The molecule has 1 heterocycles. The molecule has 1 aromatic heterocycles. The maximum absolute atomic E-state index is 5.46. The standard InChI is InChI=1S/C14H26N2S/c1-12-10-14(17-13(12)2)11-16-9-7-5-3-4-6-8-15/h10,16H,3-9,11,15H2,1-2H3. The molecule has 0 aliphatic rings. The molecule has 0 aliphatic carbocycles. The first-order valence-electron chi connectivity index (χ1n) is 6.70. The Morgan fingerprint density at radius 1 is 1.12 bits per heavy atom. The summed E-state index contributed by atoms with van der Waals surface area (Å²) in [5, 5.41) is 3.52. The van der Waals surface area contributed by atoms with E-state index in [1.54, 1.807) is 0 Å². The second-order valence-electron chi connectivity index (χ2n) is 4.69. The van der Waals surface area contributed by atoms with Gasteiger partial charge in [0.2, 0.25) is 0 Å². The Hall–Kier alpha value is -0.380. The molecular formula is C14H26N2S. The molecule has 1 aromatic rings. The quantitative estimate of drug-likeness (QED) is 0.663. The normalized spacial score (nSPS) is 11.0. The van der Waals surface area contributed by atoms with Crippen molar-refractivity contribution in [3.8, 4) is 0 Å². The van der Waals surface area contributed by atoms with E-state index in [0.29, 0.717) is 0 Å². The number of aryl methyl sites for hydroxylation is 2. The van der Waals surface area contributed by atoms with Crippen molar-refractivity contribution in [1.29, 1.82) is 0 Å². The van der Waals surface area contributed by atoms with Crippen LogP contribution in [-0.2, 0) is 6.54 Å². The lowest BCUT2D eigenvalue weighted by Crippen LogP contribution is -2.13. The Kier molecular flexibility index (Phi) is 7.49. The van der Waals surface area contributed by atoms with Gasteiger partial charge in [0.05, 0.1) is 0 Å². The van der Waals surface area contributed by atoms with E-state index < -0.39 is 0 Å². The third-order valence-corrected chi connectivity index (χ3v) is 4.23. The van der Waals surface area contributed by atoms with Gasteiger partial charge in [-0.3, -0.25) is 0 Å². The second kappa shape index (κ2) is 8.67. The van der Waals surface area contributed by atoms with Crippen LogP contribution < -0.4 is 11.1 Å². The minimum absolute atomic E-state index is 0.843. The van der Waals surface area contributed by atoms with Crippen LogP contribution in [-0.4, -0.2) is 13.1 Å². The zero-order valence-electron chi connectivity index (χ0n) is 11.2. The van der Waals surface area contributed by atoms with Crippen LogP contribution in [0.15, 0.2) is 6.07 Å². The highest BCUT2D eigenvalue weighted by Crippen LogP contribution is 2.20. The molecule has 0 radical (unpaired) electrons. The van der Waals surface area contributed by atoms with E-state index in [-0.39, 0.29) is 0 Å². The third kappa shape index (κ3) is 6.20. The van der Waals surface area contributed by atoms with E-state index in [4.69, 9.17) is 5.73 Å². The Morgan fingerprint density at radius 3 is 2.47 bits per heavy atom. The van der Waals surface area contributed by atoms with Crippen molar-refractivity contribution in [3.05, 3.63) is 21.4 Å². The van der Waals surface area contributed by atoms with Crippen LogP contribution in [0.3, 0.4) is 0 Å². The molecule has 0 unspecified atom stereocenters. The topological polar surface area (TPSA) is 38.0 Å². The molecule has 2 nitrogen and oxygen atoms in total. The maximum atomic E-state index is 5.46. The average Bonchev–Trinajstić information content (AvgIpc) is 2.62. The van der Waals surface area contributed by atoms with Gasteiger partial charge in [-0.05, 0) is 51.4 Å². The summed E-state index contributed by atoms with van der Waals surface area (Å²) in [5.74, 6) is 0. The largest absolute Gasteiger partial charge is 0.330 e. The van der Waals surface area contributed by atoms with Crippen molar-refractivity contribution in [3.63, 3.8) is 0 Å². The van der Waals surface area contributed by atoms with Gasteiger partial charge in [0.1, 0.15) is 0 Å². The molecule has 17 heavy (non-hydrogen) atoms. The van der Waals surface area contributed by atoms with Crippen molar-refractivity contribution in [2.75, 3.05) is 13.1 Å². The Bertz CT molecular complexity index is 288. The van der Waals surface area contributed by atoms with E-state index in [1.807, 2.05) is 11.3 Å². The van der Waals surface area contributed by atoms with Crippen LogP contribution in [0.5, 0.6) is 0 Å². The fourth-order valence-corrected chi connectivity index (χ4v) is 2.90. The van der Waals surface area contributed by atoms with Crippen LogP contribution >= 0.6 is 11.3 Å². The molecule has 0 amide bonds. The average molecular weight is 254 g/mol. The molecule has 3 N–H and O–H groups in total. The van der Waals surface area contributed by atoms with Crippen molar-refractivity contribution in [2.45, 2.75) is 52.5 Å². The summed E-state index contributed by atoms with van der Waals surface area (Å²) in [6.07, 6.45) is 6.42. The zero-order valence-corrected chi connectivity index (χ0v) is 12.0. The second-order valence-corrected chi connectivity index (χ2v) is 6.03. The van der Waals surface area contributed by atoms with E-state index >= 15 is 0 Å². The van der Waals surface area contributed by atoms with Gasteiger partial charge in [-0.2, -0.15) is 0 Å². The van der Waals surface area contributed by atoms with Crippen LogP contribution in [0.2, 0.25) is 0 Å². The first kappa shape index (κ1) is 14.7. The van der Waals surface area contributed by atoms with Gasteiger partial charge >= 0.3 is 0 Å². The van der Waals surface area contributed by atoms with Crippen molar-refractivity contribution in [2.24, 2.45) is 5.73 Å². The predicted octanol–water partition coefficient (Wildman–Crippen LogP) is 3.36. The fraction of sp³-hybridized carbons (Fsp3) is 0.714. The minimum atomic E-state index is 0.843. The smallest absolute Gasteiger partial charge is 0.0299 e. The molecule has 0 bridgehead atoms. The van der Waals surface area contributed by atoms with E-state index in [1.165, 1.54) is 47.4 Å². The molecule has 98 valence electrons. The van der Waals surface area contributed by atoms with Gasteiger partial charge < -0.3 is 11.1 Å². The molecule has 0 atom stereocenters. The number of nitrogens with one attached hydrogen (secondary N) is 1. The summed E-state index contributed by atoms with van der Waals surface area (Å²) in [4.78, 5) is 2.91. The molecule has 0 spiro atoms. The fourth-order valence-electron chi connectivity index (χ4n) is 1.87. The van der Waals surface area contributed by atoms with Crippen molar-refractivity contribution < 1.29 is 0 Å². The lowest BCUT2D eigenvalue weighted by atomic mass is 10.1.